The van der Waals surface area contributed by atoms with Crippen molar-refractivity contribution in [3.8, 4) is 0 Å². The van der Waals surface area contributed by atoms with Crippen LogP contribution in [-0.2, 0) is 4.79 Å². The van der Waals surface area contributed by atoms with E-state index in [0.717, 1.165) is 25.9 Å². The fourth-order valence-corrected chi connectivity index (χ4v) is 2.05. The number of likely N-dealkylation sites (tertiary alicyclic amines) is 1. The van der Waals surface area contributed by atoms with E-state index in [2.05, 4.69) is 4.98 Å². The fraction of sp³-hybridized carbons (Fsp3) is 0.500. The van der Waals surface area contributed by atoms with Gasteiger partial charge < -0.3 is 15.7 Å². The Hall–Kier alpha value is -1.46. The molecule has 1 aromatic heterocycles. The van der Waals surface area contributed by atoms with Gasteiger partial charge in [0.15, 0.2) is 0 Å². The van der Waals surface area contributed by atoms with Crippen molar-refractivity contribution >= 4 is 5.91 Å². The van der Waals surface area contributed by atoms with Gasteiger partial charge in [0.05, 0.1) is 0 Å². The van der Waals surface area contributed by atoms with Crippen molar-refractivity contribution < 1.29 is 9.90 Å². The minimum Gasteiger partial charge on any atom is -0.386 e. The Morgan fingerprint density at radius 1 is 1.35 bits per heavy atom. The molecule has 0 unspecified atom stereocenters. The van der Waals surface area contributed by atoms with E-state index in [-0.39, 0.29) is 5.91 Å². The summed E-state index contributed by atoms with van der Waals surface area (Å²) >= 11 is 0. The Morgan fingerprint density at radius 2 is 1.94 bits per heavy atom. The van der Waals surface area contributed by atoms with Gasteiger partial charge in [0, 0.05) is 25.5 Å². The maximum absolute atomic E-state index is 12.0. The van der Waals surface area contributed by atoms with Gasteiger partial charge in [-0.2, -0.15) is 0 Å². The number of rotatable bonds is 3. The first-order valence-corrected chi connectivity index (χ1v) is 5.82. The number of carbonyl (C=O) groups is 1. The van der Waals surface area contributed by atoms with Crippen LogP contribution in [-0.4, -0.2) is 40.0 Å². The summed E-state index contributed by atoms with van der Waals surface area (Å²) in [5, 5.41) is 10.0. The number of nitrogens with zero attached hydrogens (tertiary/aromatic N) is 2. The Kier molecular flexibility index (Phi) is 3.71. The number of aliphatic hydroxyl groups is 1. The van der Waals surface area contributed by atoms with Crippen molar-refractivity contribution in [2.75, 3.05) is 13.1 Å². The van der Waals surface area contributed by atoms with Crippen LogP contribution >= 0.6 is 0 Å². The summed E-state index contributed by atoms with van der Waals surface area (Å²) in [6.45, 7) is 1.49. The number of aliphatic hydroxyl groups excluding tert-OH is 1. The molecule has 0 aromatic carbocycles. The number of nitrogens with two attached hydrogens (primary N) is 1. The summed E-state index contributed by atoms with van der Waals surface area (Å²) in [5.41, 5.74) is 6.44. The number of hydrogen-bond donors (Lipinski definition) is 2. The lowest BCUT2D eigenvalue weighted by Gasteiger charge is -2.23. The summed E-state index contributed by atoms with van der Waals surface area (Å²) in [6.07, 6.45) is 4.22. The minimum atomic E-state index is -0.967. The molecule has 1 aliphatic heterocycles. The van der Waals surface area contributed by atoms with E-state index in [0.29, 0.717) is 5.56 Å². The molecule has 0 radical (unpaired) electrons. The van der Waals surface area contributed by atoms with Gasteiger partial charge in [-0.1, -0.05) is 0 Å². The number of amides is 1. The first kappa shape index (κ1) is 12.0. The second-order valence-corrected chi connectivity index (χ2v) is 4.28. The third-order valence-electron chi connectivity index (χ3n) is 3.09. The molecule has 0 spiro atoms. The van der Waals surface area contributed by atoms with Gasteiger partial charge in [0.25, 0.3) is 0 Å². The molecular formula is C12H17N3O2. The number of hydrogen-bond acceptors (Lipinski definition) is 4. The van der Waals surface area contributed by atoms with Crippen LogP contribution in [0.2, 0.25) is 0 Å². The third-order valence-corrected chi connectivity index (χ3v) is 3.09. The van der Waals surface area contributed by atoms with Crippen LogP contribution in [0.5, 0.6) is 0 Å². The summed E-state index contributed by atoms with van der Waals surface area (Å²) in [5.74, 6) is -0.174. The average molecular weight is 235 g/mol. The molecule has 5 heteroatoms. The molecule has 2 atom stereocenters. The predicted octanol–water partition coefficient (Wildman–Crippen LogP) is 0.0647. The highest BCUT2D eigenvalue weighted by Gasteiger charge is 2.29. The number of carbonyl (C=O) groups excluding carboxylic acids is 1. The van der Waals surface area contributed by atoms with E-state index in [1.54, 1.807) is 29.4 Å². The van der Waals surface area contributed by atoms with E-state index < -0.39 is 12.1 Å². The van der Waals surface area contributed by atoms with E-state index in [1.807, 2.05) is 0 Å². The average Bonchev–Trinajstić information content (AvgIpc) is 2.91. The van der Waals surface area contributed by atoms with E-state index >= 15 is 0 Å². The van der Waals surface area contributed by atoms with Crippen molar-refractivity contribution in [2.24, 2.45) is 5.73 Å². The molecule has 3 N–H and O–H groups in total. The molecular weight excluding hydrogens is 218 g/mol. The fourth-order valence-electron chi connectivity index (χ4n) is 2.05. The van der Waals surface area contributed by atoms with E-state index in [4.69, 9.17) is 5.73 Å². The molecule has 1 fully saturated rings. The van der Waals surface area contributed by atoms with Crippen LogP contribution < -0.4 is 5.73 Å². The highest BCUT2D eigenvalue weighted by molar-refractivity contribution is 5.82. The molecule has 0 aliphatic carbocycles. The van der Waals surface area contributed by atoms with E-state index in [9.17, 15) is 9.90 Å². The molecule has 17 heavy (non-hydrogen) atoms. The molecule has 2 rings (SSSR count). The van der Waals surface area contributed by atoms with Gasteiger partial charge >= 0.3 is 0 Å². The second kappa shape index (κ2) is 5.25. The van der Waals surface area contributed by atoms with Crippen LogP contribution in [0.3, 0.4) is 0 Å². The monoisotopic (exact) mass is 235 g/mol. The van der Waals surface area contributed by atoms with Gasteiger partial charge in [0.1, 0.15) is 12.1 Å². The molecule has 0 bridgehead atoms. The summed E-state index contributed by atoms with van der Waals surface area (Å²) in [4.78, 5) is 17.6. The second-order valence-electron chi connectivity index (χ2n) is 4.28. The van der Waals surface area contributed by atoms with Crippen LogP contribution in [0.15, 0.2) is 24.5 Å². The predicted molar refractivity (Wildman–Crippen MR) is 63.0 cm³/mol. The standard InChI is InChI=1S/C12H17N3O2/c13-10(12(17)15-7-1-2-8-15)11(16)9-3-5-14-6-4-9/h3-6,10-11,16H,1-2,7-8,13H2/t10-,11+/m0/s1. The molecule has 1 amide bonds. The zero-order valence-electron chi connectivity index (χ0n) is 9.62. The lowest BCUT2D eigenvalue weighted by molar-refractivity contribution is -0.134. The summed E-state index contributed by atoms with van der Waals surface area (Å²) in [6, 6.07) is 2.44. The number of pyridine rings is 1. The molecule has 1 aromatic rings. The van der Waals surface area contributed by atoms with Gasteiger partial charge in [-0.15, -0.1) is 0 Å². The van der Waals surface area contributed by atoms with E-state index in [1.165, 1.54) is 0 Å². The van der Waals surface area contributed by atoms with Crippen molar-refractivity contribution in [1.82, 2.24) is 9.88 Å². The van der Waals surface area contributed by atoms with Crippen molar-refractivity contribution in [2.45, 2.75) is 25.0 Å². The minimum absolute atomic E-state index is 0.174. The molecule has 0 saturated carbocycles. The molecule has 2 heterocycles. The van der Waals surface area contributed by atoms with Gasteiger partial charge in [0.2, 0.25) is 5.91 Å². The Morgan fingerprint density at radius 3 is 2.53 bits per heavy atom. The maximum Gasteiger partial charge on any atom is 0.242 e. The van der Waals surface area contributed by atoms with Crippen LogP contribution in [0, 0.1) is 0 Å². The first-order valence-electron chi connectivity index (χ1n) is 5.82. The third kappa shape index (κ3) is 2.62. The normalized spacial score (nSPS) is 19.1. The Bertz CT molecular complexity index is 377. The van der Waals surface area contributed by atoms with Crippen LogP contribution in [0.4, 0.5) is 0 Å². The zero-order chi connectivity index (χ0) is 12.3. The first-order chi connectivity index (χ1) is 8.20. The lowest BCUT2D eigenvalue weighted by atomic mass is 10.0. The van der Waals surface area contributed by atoms with Gasteiger partial charge in [-0.05, 0) is 30.5 Å². The quantitative estimate of drug-likeness (QED) is 0.776. The topological polar surface area (TPSA) is 79.5 Å². The zero-order valence-corrected chi connectivity index (χ0v) is 9.62. The highest BCUT2D eigenvalue weighted by Crippen LogP contribution is 2.18. The molecule has 5 nitrogen and oxygen atoms in total. The molecule has 1 aliphatic rings. The molecule has 1 saturated heterocycles. The highest BCUT2D eigenvalue weighted by atomic mass is 16.3. The van der Waals surface area contributed by atoms with Crippen LogP contribution in [0.25, 0.3) is 0 Å². The lowest BCUT2D eigenvalue weighted by Crippen LogP contribution is -2.45. The van der Waals surface area contributed by atoms with Gasteiger partial charge in [-0.3, -0.25) is 9.78 Å². The SMILES string of the molecule is N[C@H](C(=O)N1CCCC1)[C@H](O)c1ccncc1. The summed E-state index contributed by atoms with van der Waals surface area (Å²) < 4.78 is 0. The van der Waals surface area contributed by atoms with Crippen molar-refractivity contribution in [1.29, 1.82) is 0 Å². The number of aromatic nitrogens is 1. The van der Waals surface area contributed by atoms with Crippen molar-refractivity contribution in [3.05, 3.63) is 30.1 Å². The van der Waals surface area contributed by atoms with Gasteiger partial charge in [-0.25, -0.2) is 0 Å². The molecule has 92 valence electrons. The largest absolute Gasteiger partial charge is 0.386 e. The smallest absolute Gasteiger partial charge is 0.242 e. The Labute approximate surface area is 100 Å². The maximum atomic E-state index is 12.0. The van der Waals surface area contributed by atoms with Crippen molar-refractivity contribution in [3.63, 3.8) is 0 Å². The summed E-state index contributed by atoms with van der Waals surface area (Å²) in [7, 11) is 0. The Balaban J connectivity index is 2.04. The van der Waals surface area contributed by atoms with Crippen LogP contribution in [0.1, 0.15) is 24.5 Å².